The molecule has 31 heavy (non-hydrogen) atoms. The highest BCUT2D eigenvalue weighted by molar-refractivity contribution is 9.10. The summed E-state index contributed by atoms with van der Waals surface area (Å²) in [4.78, 5) is 16.5. The quantitative estimate of drug-likeness (QED) is 0.525. The minimum absolute atomic E-state index is 0.154. The Morgan fingerprint density at radius 3 is 2.52 bits per heavy atom. The Labute approximate surface area is 187 Å². The second-order valence-corrected chi connectivity index (χ2v) is 8.16. The Bertz CT molecular complexity index is 1050. The summed E-state index contributed by atoms with van der Waals surface area (Å²) in [5.41, 5.74) is 0.674. The van der Waals surface area contributed by atoms with Crippen molar-refractivity contribution >= 4 is 21.8 Å². The molecule has 1 fully saturated rings. The molecular weight excluding hydrogens is 470 g/mol. The molecule has 1 aliphatic heterocycles. The van der Waals surface area contributed by atoms with Crippen LogP contribution in [0.25, 0.3) is 0 Å². The van der Waals surface area contributed by atoms with E-state index in [0.29, 0.717) is 49.7 Å². The topological polar surface area (TPSA) is 50.6 Å². The van der Waals surface area contributed by atoms with E-state index in [9.17, 15) is 13.6 Å². The number of hydrogen-bond donors (Lipinski definition) is 0. The van der Waals surface area contributed by atoms with E-state index in [4.69, 9.17) is 4.74 Å². The second-order valence-electron chi connectivity index (χ2n) is 7.25. The molecule has 9 heteroatoms. The molecule has 1 aromatic heterocycles. The van der Waals surface area contributed by atoms with Crippen LogP contribution >= 0.6 is 15.9 Å². The fourth-order valence-electron chi connectivity index (χ4n) is 3.40. The Morgan fingerprint density at radius 1 is 1.03 bits per heavy atom. The molecule has 0 atom stereocenters. The van der Waals surface area contributed by atoms with Gasteiger partial charge in [0, 0.05) is 49.0 Å². The van der Waals surface area contributed by atoms with Crippen LogP contribution < -0.4 is 4.74 Å². The number of piperazine rings is 1. The molecule has 2 heterocycles. The lowest BCUT2D eigenvalue weighted by Crippen LogP contribution is -2.48. The van der Waals surface area contributed by atoms with Crippen LogP contribution in [-0.4, -0.2) is 51.7 Å². The van der Waals surface area contributed by atoms with Crippen molar-refractivity contribution in [1.82, 2.24) is 19.6 Å². The molecule has 2 aromatic carbocycles. The maximum atomic E-state index is 13.9. The molecule has 0 unspecified atom stereocenters. The second kappa shape index (κ2) is 9.57. The van der Waals surface area contributed by atoms with Crippen molar-refractivity contribution in [3.05, 3.63) is 82.1 Å². The summed E-state index contributed by atoms with van der Waals surface area (Å²) < 4.78 is 35.5. The van der Waals surface area contributed by atoms with Crippen LogP contribution in [0.2, 0.25) is 0 Å². The lowest BCUT2D eigenvalue weighted by Gasteiger charge is -2.34. The van der Waals surface area contributed by atoms with Gasteiger partial charge in [0.15, 0.2) is 24.1 Å². The highest BCUT2D eigenvalue weighted by Crippen LogP contribution is 2.17. The number of nitrogens with zero attached hydrogens (tertiary/aromatic N) is 4. The zero-order valence-corrected chi connectivity index (χ0v) is 18.3. The van der Waals surface area contributed by atoms with Crippen LogP contribution in [-0.2, 0) is 13.3 Å². The molecule has 0 spiro atoms. The minimum atomic E-state index is -0.842. The van der Waals surface area contributed by atoms with Crippen molar-refractivity contribution in [2.24, 2.45) is 0 Å². The van der Waals surface area contributed by atoms with E-state index >= 15 is 0 Å². The number of rotatable bonds is 6. The number of carbonyl (C=O) groups excluding carboxylic acids is 1. The van der Waals surface area contributed by atoms with Crippen LogP contribution in [0, 0.1) is 11.6 Å². The van der Waals surface area contributed by atoms with Crippen molar-refractivity contribution < 1.29 is 18.3 Å². The van der Waals surface area contributed by atoms with Gasteiger partial charge in [-0.2, -0.15) is 5.10 Å². The van der Waals surface area contributed by atoms with E-state index in [1.54, 1.807) is 27.9 Å². The van der Waals surface area contributed by atoms with Crippen LogP contribution in [0.3, 0.4) is 0 Å². The average Bonchev–Trinajstić information content (AvgIpc) is 3.26. The van der Waals surface area contributed by atoms with Gasteiger partial charge in [0.25, 0.3) is 5.91 Å². The summed E-state index contributed by atoms with van der Waals surface area (Å²) in [5.74, 6) is -1.10. The predicted molar refractivity (Wildman–Crippen MR) is 115 cm³/mol. The molecule has 0 saturated carbocycles. The van der Waals surface area contributed by atoms with Crippen LogP contribution in [0.5, 0.6) is 5.75 Å². The van der Waals surface area contributed by atoms with Gasteiger partial charge in [-0.25, -0.2) is 13.5 Å². The maximum absolute atomic E-state index is 13.9. The van der Waals surface area contributed by atoms with Gasteiger partial charge < -0.3 is 9.64 Å². The Kier molecular flexibility index (Phi) is 6.62. The van der Waals surface area contributed by atoms with Crippen molar-refractivity contribution in [3.63, 3.8) is 0 Å². The van der Waals surface area contributed by atoms with Gasteiger partial charge in [0.1, 0.15) is 5.75 Å². The fourth-order valence-corrected chi connectivity index (χ4v) is 3.67. The SMILES string of the molecule is O=C(c1ccn(COc2ccc(Br)cc2)n1)N1CCN(Cc2cccc(F)c2F)CC1. The van der Waals surface area contributed by atoms with Crippen LogP contribution in [0.1, 0.15) is 16.1 Å². The number of ether oxygens (including phenoxy) is 1. The highest BCUT2D eigenvalue weighted by Gasteiger charge is 2.24. The van der Waals surface area contributed by atoms with E-state index in [-0.39, 0.29) is 12.6 Å². The van der Waals surface area contributed by atoms with E-state index in [1.165, 1.54) is 6.07 Å². The highest BCUT2D eigenvalue weighted by atomic mass is 79.9. The molecule has 3 aromatic rings. The number of aromatic nitrogens is 2. The van der Waals surface area contributed by atoms with Gasteiger partial charge in [-0.1, -0.05) is 28.1 Å². The normalized spacial score (nSPS) is 14.6. The summed E-state index contributed by atoms with van der Waals surface area (Å²) >= 11 is 3.37. The summed E-state index contributed by atoms with van der Waals surface area (Å²) in [5, 5.41) is 4.31. The third-order valence-corrected chi connectivity index (χ3v) is 5.65. The lowest BCUT2D eigenvalue weighted by atomic mass is 10.1. The van der Waals surface area contributed by atoms with Crippen molar-refractivity contribution in [2.75, 3.05) is 26.2 Å². The van der Waals surface area contributed by atoms with Gasteiger partial charge in [-0.3, -0.25) is 9.69 Å². The molecular formula is C22H21BrF2N4O2. The minimum Gasteiger partial charge on any atom is -0.471 e. The largest absolute Gasteiger partial charge is 0.471 e. The molecule has 1 saturated heterocycles. The summed E-state index contributed by atoms with van der Waals surface area (Å²) in [6, 6.07) is 13.3. The molecule has 0 radical (unpaired) electrons. The predicted octanol–water partition coefficient (Wildman–Crippen LogP) is 3.92. The van der Waals surface area contributed by atoms with Crippen molar-refractivity contribution in [1.29, 1.82) is 0 Å². The first kappa shape index (κ1) is 21.5. The zero-order valence-electron chi connectivity index (χ0n) is 16.7. The van der Waals surface area contributed by atoms with Gasteiger partial charge >= 0.3 is 0 Å². The third kappa shape index (κ3) is 5.29. The van der Waals surface area contributed by atoms with Gasteiger partial charge in [0.2, 0.25) is 0 Å². The first-order valence-electron chi connectivity index (χ1n) is 9.86. The summed E-state index contributed by atoms with van der Waals surface area (Å²) in [7, 11) is 0. The average molecular weight is 491 g/mol. The number of halogens is 3. The number of benzene rings is 2. The molecule has 0 aliphatic carbocycles. The Morgan fingerprint density at radius 2 is 1.77 bits per heavy atom. The molecule has 162 valence electrons. The van der Waals surface area contributed by atoms with Gasteiger partial charge in [-0.05, 0) is 36.4 Å². The van der Waals surface area contributed by atoms with Crippen molar-refractivity contribution in [2.45, 2.75) is 13.3 Å². The van der Waals surface area contributed by atoms with Crippen LogP contribution in [0.4, 0.5) is 8.78 Å². The number of carbonyl (C=O) groups is 1. The molecule has 0 N–H and O–H groups in total. The van der Waals surface area contributed by atoms with Crippen LogP contribution in [0.15, 0.2) is 59.2 Å². The maximum Gasteiger partial charge on any atom is 0.274 e. The van der Waals surface area contributed by atoms with Crippen molar-refractivity contribution in [3.8, 4) is 5.75 Å². The third-order valence-electron chi connectivity index (χ3n) is 5.12. The number of hydrogen-bond acceptors (Lipinski definition) is 4. The zero-order chi connectivity index (χ0) is 21.8. The van der Waals surface area contributed by atoms with Gasteiger partial charge in [0.05, 0.1) is 0 Å². The van der Waals surface area contributed by atoms with E-state index in [2.05, 4.69) is 21.0 Å². The first-order valence-corrected chi connectivity index (χ1v) is 10.7. The summed E-state index contributed by atoms with van der Waals surface area (Å²) in [6.45, 7) is 2.66. The summed E-state index contributed by atoms with van der Waals surface area (Å²) in [6.07, 6.45) is 1.70. The standard InChI is InChI=1S/C22H21BrF2N4O2/c23-17-4-6-18(7-5-17)31-15-29-9-8-20(26-29)22(30)28-12-10-27(11-13-28)14-16-2-1-3-19(24)21(16)25/h1-9H,10-15H2. The smallest absolute Gasteiger partial charge is 0.274 e. The Hall–Kier alpha value is -2.78. The molecule has 6 nitrogen and oxygen atoms in total. The van der Waals surface area contributed by atoms with Gasteiger partial charge in [-0.15, -0.1) is 0 Å². The molecule has 0 bridgehead atoms. The van der Waals surface area contributed by atoms with E-state index in [0.717, 1.165) is 10.5 Å². The Balaban J connectivity index is 1.28. The van der Waals surface area contributed by atoms with E-state index in [1.807, 2.05) is 29.2 Å². The fraction of sp³-hybridized carbons (Fsp3) is 0.273. The van der Waals surface area contributed by atoms with E-state index < -0.39 is 11.6 Å². The monoisotopic (exact) mass is 490 g/mol. The molecule has 4 rings (SSSR count). The molecule has 1 aliphatic rings. The lowest BCUT2D eigenvalue weighted by molar-refractivity contribution is 0.0619. The number of amides is 1. The first-order chi connectivity index (χ1) is 15.0. The molecule has 1 amide bonds.